The number of aliphatic hydroxyl groups is 1. The van der Waals surface area contributed by atoms with E-state index in [0.717, 1.165) is 19.3 Å². The summed E-state index contributed by atoms with van der Waals surface area (Å²) in [5, 5.41) is 13.3. The molecule has 1 saturated carbocycles. The van der Waals surface area contributed by atoms with Gasteiger partial charge in [0.1, 0.15) is 12.4 Å². The number of rotatable bonds is 8. The van der Waals surface area contributed by atoms with Crippen LogP contribution in [-0.4, -0.2) is 36.7 Å². The number of nitrogens with two attached hydrogens (primary N) is 1. The Morgan fingerprint density at radius 3 is 2.62 bits per heavy atom. The van der Waals surface area contributed by atoms with Crippen molar-refractivity contribution in [2.45, 2.75) is 64.5 Å². The second-order valence-electron chi connectivity index (χ2n) is 6.70. The first-order valence-electron chi connectivity index (χ1n) is 8.26. The lowest BCUT2D eigenvalue weighted by Crippen LogP contribution is -2.41. The highest BCUT2D eigenvalue weighted by molar-refractivity contribution is 5.56. The van der Waals surface area contributed by atoms with Crippen molar-refractivity contribution >= 4 is 6.29 Å². The Hall–Kier alpha value is -0.490. The van der Waals surface area contributed by atoms with Gasteiger partial charge in [0.2, 0.25) is 0 Å². The molecule has 0 radical (unpaired) electrons. The number of hydrogen-bond donors (Lipinski definition) is 3. The normalized spacial score (nSPS) is 26.9. The van der Waals surface area contributed by atoms with Gasteiger partial charge in [-0.15, -0.1) is 0 Å². The predicted molar refractivity (Wildman–Crippen MR) is 83.5 cm³/mol. The molecule has 2 unspecified atom stereocenters. The monoisotopic (exact) mass is 300 g/mol. The standard InChI is InChI=1S/C16H32N2O3/c1-12(2)15(16(20)10-19)9-18-14-6-4-3-5-13(7-8-14)11-21-17/h10,12-16,18,20H,3-9,11,17H2,1-2H3/t13-,14?,15?,16-/m1/s1. The van der Waals surface area contributed by atoms with Crippen LogP contribution in [0.3, 0.4) is 0 Å². The molecule has 0 aromatic heterocycles. The molecule has 5 nitrogen and oxygen atoms in total. The number of carbonyl (C=O) groups is 1. The molecule has 1 fully saturated rings. The molecule has 4 atom stereocenters. The summed E-state index contributed by atoms with van der Waals surface area (Å²) in [6.45, 7) is 5.43. The zero-order valence-corrected chi connectivity index (χ0v) is 13.5. The molecule has 1 aliphatic carbocycles. The summed E-state index contributed by atoms with van der Waals surface area (Å²) < 4.78 is 0. The first-order valence-corrected chi connectivity index (χ1v) is 8.26. The number of aliphatic hydroxyl groups excluding tert-OH is 1. The van der Waals surface area contributed by atoms with Crippen molar-refractivity contribution in [2.75, 3.05) is 13.2 Å². The number of aldehydes is 1. The molecular formula is C16H32N2O3. The Balaban J connectivity index is 2.42. The predicted octanol–water partition coefficient (Wildman–Crippen LogP) is 1.64. The van der Waals surface area contributed by atoms with Gasteiger partial charge in [-0.2, -0.15) is 0 Å². The van der Waals surface area contributed by atoms with Gasteiger partial charge in [-0.3, -0.25) is 0 Å². The summed E-state index contributed by atoms with van der Waals surface area (Å²) in [5.74, 6) is 6.01. The van der Waals surface area contributed by atoms with Crippen LogP contribution in [-0.2, 0) is 9.63 Å². The summed E-state index contributed by atoms with van der Waals surface area (Å²) in [7, 11) is 0. The maximum absolute atomic E-state index is 10.8. The van der Waals surface area contributed by atoms with E-state index in [0.29, 0.717) is 31.4 Å². The van der Waals surface area contributed by atoms with Gasteiger partial charge in [-0.1, -0.05) is 26.7 Å². The molecule has 0 saturated heterocycles. The van der Waals surface area contributed by atoms with E-state index in [2.05, 4.69) is 5.32 Å². The van der Waals surface area contributed by atoms with Crippen molar-refractivity contribution in [1.82, 2.24) is 5.32 Å². The molecule has 0 bridgehead atoms. The Morgan fingerprint density at radius 2 is 2.00 bits per heavy atom. The van der Waals surface area contributed by atoms with Gasteiger partial charge in [0.25, 0.3) is 0 Å². The van der Waals surface area contributed by atoms with Crippen molar-refractivity contribution in [2.24, 2.45) is 23.7 Å². The van der Waals surface area contributed by atoms with E-state index in [-0.39, 0.29) is 11.8 Å². The first kappa shape index (κ1) is 18.6. The fourth-order valence-electron chi connectivity index (χ4n) is 3.21. The summed E-state index contributed by atoms with van der Waals surface area (Å²) in [6.07, 6.45) is 6.80. The van der Waals surface area contributed by atoms with Crippen molar-refractivity contribution in [1.29, 1.82) is 0 Å². The lowest BCUT2D eigenvalue weighted by atomic mass is 9.87. The molecule has 5 heteroatoms. The Kier molecular flexibility index (Phi) is 9.08. The smallest absolute Gasteiger partial charge is 0.148 e. The maximum Gasteiger partial charge on any atom is 0.148 e. The summed E-state index contributed by atoms with van der Waals surface area (Å²) in [4.78, 5) is 15.6. The molecule has 124 valence electrons. The topological polar surface area (TPSA) is 84.6 Å². The van der Waals surface area contributed by atoms with Crippen molar-refractivity contribution in [3.05, 3.63) is 0 Å². The van der Waals surface area contributed by atoms with Gasteiger partial charge in [0.15, 0.2) is 0 Å². The highest BCUT2D eigenvalue weighted by Crippen LogP contribution is 2.23. The quantitative estimate of drug-likeness (QED) is 0.469. The molecule has 0 heterocycles. The van der Waals surface area contributed by atoms with Gasteiger partial charge in [-0.25, -0.2) is 5.90 Å². The van der Waals surface area contributed by atoms with Gasteiger partial charge < -0.3 is 20.1 Å². The highest BCUT2D eigenvalue weighted by atomic mass is 16.6. The van der Waals surface area contributed by atoms with E-state index in [9.17, 15) is 9.90 Å². The second kappa shape index (κ2) is 10.3. The summed E-state index contributed by atoms with van der Waals surface area (Å²) in [6, 6.07) is 0.464. The van der Waals surface area contributed by atoms with Crippen LogP contribution in [0.25, 0.3) is 0 Å². The second-order valence-corrected chi connectivity index (χ2v) is 6.70. The Bertz CT molecular complexity index is 287. The van der Waals surface area contributed by atoms with E-state index in [4.69, 9.17) is 10.7 Å². The fourth-order valence-corrected chi connectivity index (χ4v) is 3.21. The molecule has 0 aromatic rings. The lowest BCUT2D eigenvalue weighted by Gasteiger charge is -2.29. The van der Waals surface area contributed by atoms with Crippen molar-refractivity contribution < 1.29 is 14.7 Å². The minimum atomic E-state index is -0.871. The van der Waals surface area contributed by atoms with Crippen LogP contribution >= 0.6 is 0 Å². The summed E-state index contributed by atoms with van der Waals surface area (Å²) >= 11 is 0. The summed E-state index contributed by atoms with van der Waals surface area (Å²) in [5.41, 5.74) is 0. The Labute approximate surface area is 128 Å². The van der Waals surface area contributed by atoms with Crippen LogP contribution < -0.4 is 11.2 Å². The molecule has 21 heavy (non-hydrogen) atoms. The number of carbonyl (C=O) groups excluding carboxylic acids is 1. The number of nitrogens with one attached hydrogen (secondary N) is 1. The van der Waals surface area contributed by atoms with Crippen LogP contribution in [0.4, 0.5) is 0 Å². The van der Waals surface area contributed by atoms with Crippen LogP contribution in [0, 0.1) is 17.8 Å². The van der Waals surface area contributed by atoms with E-state index in [1.54, 1.807) is 0 Å². The third kappa shape index (κ3) is 6.87. The Morgan fingerprint density at radius 1 is 1.29 bits per heavy atom. The van der Waals surface area contributed by atoms with E-state index in [1.165, 1.54) is 19.3 Å². The zero-order chi connectivity index (χ0) is 15.7. The maximum atomic E-state index is 10.8. The molecular weight excluding hydrogens is 268 g/mol. The van der Waals surface area contributed by atoms with Crippen LogP contribution in [0.5, 0.6) is 0 Å². The van der Waals surface area contributed by atoms with Crippen LogP contribution in [0.15, 0.2) is 0 Å². The van der Waals surface area contributed by atoms with Gasteiger partial charge in [0.05, 0.1) is 6.61 Å². The third-order valence-corrected chi connectivity index (χ3v) is 4.75. The molecule has 1 aliphatic rings. The SMILES string of the molecule is CC(C)C(CNC1CCCC[C@@H](CON)CC1)[C@H](O)C=O. The molecule has 0 spiro atoms. The van der Waals surface area contributed by atoms with Crippen molar-refractivity contribution in [3.8, 4) is 0 Å². The third-order valence-electron chi connectivity index (χ3n) is 4.75. The van der Waals surface area contributed by atoms with E-state index in [1.807, 2.05) is 13.8 Å². The highest BCUT2D eigenvalue weighted by Gasteiger charge is 2.24. The molecule has 0 aliphatic heterocycles. The first-order chi connectivity index (χ1) is 10.1. The van der Waals surface area contributed by atoms with E-state index >= 15 is 0 Å². The molecule has 0 aromatic carbocycles. The minimum Gasteiger partial charge on any atom is -0.385 e. The lowest BCUT2D eigenvalue weighted by molar-refractivity contribution is -0.118. The molecule has 4 N–H and O–H groups in total. The van der Waals surface area contributed by atoms with Crippen LogP contribution in [0.1, 0.15) is 52.4 Å². The molecule has 1 rings (SSSR count). The van der Waals surface area contributed by atoms with Crippen LogP contribution in [0.2, 0.25) is 0 Å². The van der Waals surface area contributed by atoms with Gasteiger partial charge in [0, 0.05) is 18.5 Å². The average molecular weight is 300 g/mol. The largest absolute Gasteiger partial charge is 0.385 e. The zero-order valence-electron chi connectivity index (χ0n) is 13.5. The van der Waals surface area contributed by atoms with Gasteiger partial charge in [-0.05, 0) is 37.5 Å². The minimum absolute atomic E-state index is 0.0175. The van der Waals surface area contributed by atoms with E-state index < -0.39 is 6.10 Å². The fraction of sp³-hybridized carbons (Fsp3) is 0.938. The average Bonchev–Trinajstić information content (AvgIpc) is 2.44. The number of hydrogen-bond acceptors (Lipinski definition) is 5. The van der Waals surface area contributed by atoms with Gasteiger partial charge >= 0.3 is 0 Å². The molecule has 0 amide bonds. The van der Waals surface area contributed by atoms with Crippen molar-refractivity contribution in [3.63, 3.8) is 0 Å².